The summed E-state index contributed by atoms with van der Waals surface area (Å²) >= 11 is 0. The summed E-state index contributed by atoms with van der Waals surface area (Å²) in [5, 5.41) is 0. The predicted molar refractivity (Wildman–Crippen MR) is 69.5 cm³/mol. The standard InChI is InChI=1S/C14H15FN2O2/c1-2-16-7-8-17(14(16)19)10-13(18)9-11-3-5-12(15)6-4-11/h3-8H,2,9-10H2,1H3. The number of Topliss-reactive ketones (excluding diaryl/α,β-unsaturated/α-hetero) is 1. The molecule has 5 heteroatoms. The zero-order chi connectivity index (χ0) is 13.8. The van der Waals surface area contributed by atoms with Crippen molar-refractivity contribution in [3.63, 3.8) is 0 Å². The Hall–Kier alpha value is -2.17. The molecule has 0 amide bonds. The molecule has 0 atom stereocenters. The second kappa shape index (κ2) is 5.65. The highest BCUT2D eigenvalue weighted by atomic mass is 19.1. The van der Waals surface area contributed by atoms with Crippen LogP contribution in [0.15, 0.2) is 41.5 Å². The van der Waals surface area contributed by atoms with Gasteiger partial charge in [0.1, 0.15) is 5.82 Å². The van der Waals surface area contributed by atoms with Gasteiger partial charge in [0.15, 0.2) is 5.78 Å². The summed E-state index contributed by atoms with van der Waals surface area (Å²) in [6, 6.07) is 5.80. The molecule has 0 saturated carbocycles. The molecular weight excluding hydrogens is 247 g/mol. The third-order valence-electron chi connectivity index (χ3n) is 2.92. The third-order valence-corrected chi connectivity index (χ3v) is 2.92. The molecule has 2 rings (SSSR count). The van der Waals surface area contributed by atoms with E-state index in [0.29, 0.717) is 6.54 Å². The zero-order valence-corrected chi connectivity index (χ0v) is 10.7. The van der Waals surface area contributed by atoms with Crippen LogP contribution in [-0.4, -0.2) is 14.9 Å². The zero-order valence-electron chi connectivity index (χ0n) is 10.7. The third kappa shape index (κ3) is 3.19. The van der Waals surface area contributed by atoms with Crippen molar-refractivity contribution in [2.75, 3.05) is 0 Å². The first-order valence-electron chi connectivity index (χ1n) is 6.12. The lowest BCUT2D eigenvalue weighted by Gasteiger charge is -2.02. The van der Waals surface area contributed by atoms with Crippen molar-refractivity contribution >= 4 is 5.78 Å². The Morgan fingerprint density at radius 1 is 1.16 bits per heavy atom. The molecule has 19 heavy (non-hydrogen) atoms. The van der Waals surface area contributed by atoms with Gasteiger partial charge < -0.3 is 0 Å². The number of nitrogens with zero attached hydrogens (tertiary/aromatic N) is 2. The monoisotopic (exact) mass is 262 g/mol. The Balaban J connectivity index is 2.03. The van der Waals surface area contributed by atoms with Gasteiger partial charge in [-0.1, -0.05) is 12.1 Å². The van der Waals surface area contributed by atoms with Crippen LogP contribution in [0.2, 0.25) is 0 Å². The normalized spacial score (nSPS) is 10.6. The molecule has 100 valence electrons. The van der Waals surface area contributed by atoms with Crippen LogP contribution in [0.3, 0.4) is 0 Å². The van der Waals surface area contributed by atoms with Crippen molar-refractivity contribution in [1.29, 1.82) is 0 Å². The number of aryl methyl sites for hydroxylation is 1. The fraction of sp³-hybridized carbons (Fsp3) is 0.286. The van der Waals surface area contributed by atoms with Gasteiger partial charge in [-0.25, -0.2) is 9.18 Å². The van der Waals surface area contributed by atoms with Gasteiger partial charge in [-0.3, -0.25) is 13.9 Å². The number of carbonyl (C=O) groups excluding carboxylic acids is 1. The van der Waals surface area contributed by atoms with Gasteiger partial charge in [0.2, 0.25) is 0 Å². The van der Waals surface area contributed by atoms with E-state index in [1.807, 2.05) is 6.92 Å². The summed E-state index contributed by atoms with van der Waals surface area (Å²) < 4.78 is 15.6. The summed E-state index contributed by atoms with van der Waals surface area (Å²) in [6.07, 6.45) is 3.46. The first-order chi connectivity index (χ1) is 9.10. The van der Waals surface area contributed by atoms with Crippen LogP contribution >= 0.6 is 0 Å². The van der Waals surface area contributed by atoms with E-state index in [4.69, 9.17) is 0 Å². The Labute approximate surface area is 110 Å². The summed E-state index contributed by atoms with van der Waals surface area (Å²) in [6.45, 7) is 2.49. The van der Waals surface area contributed by atoms with Crippen LogP contribution in [0.25, 0.3) is 0 Å². The molecule has 1 heterocycles. The van der Waals surface area contributed by atoms with Crippen LogP contribution < -0.4 is 5.69 Å². The Morgan fingerprint density at radius 2 is 1.79 bits per heavy atom. The Morgan fingerprint density at radius 3 is 2.37 bits per heavy atom. The van der Waals surface area contributed by atoms with Crippen molar-refractivity contribution in [3.05, 3.63) is 58.5 Å². The molecule has 1 aromatic heterocycles. The van der Waals surface area contributed by atoms with Crippen molar-refractivity contribution < 1.29 is 9.18 Å². The minimum absolute atomic E-state index is 0.0449. The quantitative estimate of drug-likeness (QED) is 0.822. The van der Waals surface area contributed by atoms with Crippen LogP contribution in [0.1, 0.15) is 12.5 Å². The number of imidazole rings is 1. The van der Waals surface area contributed by atoms with Crippen molar-refractivity contribution in [2.24, 2.45) is 0 Å². The predicted octanol–water partition coefficient (Wildman–Crippen LogP) is 1.62. The molecule has 0 unspecified atom stereocenters. The van der Waals surface area contributed by atoms with Gasteiger partial charge in [0, 0.05) is 25.4 Å². The van der Waals surface area contributed by atoms with Crippen LogP contribution in [0, 0.1) is 5.82 Å². The van der Waals surface area contributed by atoms with E-state index >= 15 is 0 Å². The lowest BCUT2D eigenvalue weighted by molar-refractivity contribution is -0.119. The lowest BCUT2D eigenvalue weighted by atomic mass is 10.1. The Kier molecular flexibility index (Phi) is 3.94. The summed E-state index contributed by atoms with van der Waals surface area (Å²) in [5.41, 5.74) is 0.560. The average molecular weight is 262 g/mol. The van der Waals surface area contributed by atoms with Crippen LogP contribution in [-0.2, 0) is 24.3 Å². The highest BCUT2D eigenvalue weighted by molar-refractivity contribution is 5.80. The number of rotatable bonds is 5. The topological polar surface area (TPSA) is 44.0 Å². The molecule has 1 aromatic carbocycles. The molecule has 0 N–H and O–H groups in total. The maximum atomic E-state index is 12.7. The smallest absolute Gasteiger partial charge is 0.300 e. The molecule has 4 nitrogen and oxygen atoms in total. The number of benzene rings is 1. The molecule has 0 spiro atoms. The fourth-order valence-electron chi connectivity index (χ4n) is 1.89. The maximum absolute atomic E-state index is 12.7. The average Bonchev–Trinajstić information content (AvgIpc) is 2.73. The fourth-order valence-corrected chi connectivity index (χ4v) is 1.89. The summed E-state index contributed by atoms with van der Waals surface area (Å²) in [7, 11) is 0. The van der Waals surface area contributed by atoms with Crippen molar-refractivity contribution in [3.8, 4) is 0 Å². The number of halogens is 1. The number of ketones is 1. The van der Waals surface area contributed by atoms with Gasteiger partial charge in [0.25, 0.3) is 0 Å². The van der Waals surface area contributed by atoms with E-state index in [2.05, 4.69) is 0 Å². The van der Waals surface area contributed by atoms with E-state index < -0.39 is 0 Å². The van der Waals surface area contributed by atoms with Crippen LogP contribution in [0.4, 0.5) is 4.39 Å². The van der Waals surface area contributed by atoms with Crippen LogP contribution in [0.5, 0.6) is 0 Å². The maximum Gasteiger partial charge on any atom is 0.328 e. The molecule has 0 fully saturated rings. The molecule has 0 bridgehead atoms. The second-order valence-corrected chi connectivity index (χ2v) is 4.34. The number of aromatic nitrogens is 2. The summed E-state index contributed by atoms with van der Waals surface area (Å²) in [4.78, 5) is 23.6. The van der Waals surface area contributed by atoms with E-state index in [9.17, 15) is 14.0 Å². The molecule has 0 saturated heterocycles. The Bertz CT molecular complexity index is 626. The minimum Gasteiger partial charge on any atom is -0.300 e. The van der Waals surface area contributed by atoms with Crippen molar-refractivity contribution in [2.45, 2.75) is 26.4 Å². The molecule has 0 aliphatic rings. The van der Waals surface area contributed by atoms with Gasteiger partial charge >= 0.3 is 5.69 Å². The first-order valence-corrected chi connectivity index (χ1v) is 6.12. The van der Waals surface area contributed by atoms with E-state index in [1.165, 1.54) is 21.3 Å². The van der Waals surface area contributed by atoms with Gasteiger partial charge in [-0.05, 0) is 24.6 Å². The SMILES string of the molecule is CCn1ccn(CC(=O)Cc2ccc(F)cc2)c1=O. The molecular formula is C14H15FN2O2. The van der Waals surface area contributed by atoms with Crippen molar-refractivity contribution in [1.82, 2.24) is 9.13 Å². The lowest BCUT2D eigenvalue weighted by Crippen LogP contribution is -2.26. The molecule has 0 radical (unpaired) electrons. The van der Waals surface area contributed by atoms with E-state index in [-0.39, 0.29) is 30.3 Å². The highest BCUT2D eigenvalue weighted by Crippen LogP contribution is 2.04. The van der Waals surface area contributed by atoms with Gasteiger partial charge in [-0.2, -0.15) is 0 Å². The van der Waals surface area contributed by atoms with Gasteiger partial charge in [0.05, 0.1) is 6.54 Å². The molecule has 0 aliphatic carbocycles. The second-order valence-electron chi connectivity index (χ2n) is 4.34. The first kappa shape index (κ1) is 13.3. The molecule has 0 aliphatic heterocycles. The highest BCUT2D eigenvalue weighted by Gasteiger charge is 2.08. The largest absolute Gasteiger partial charge is 0.328 e. The summed E-state index contributed by atoms with van der Waals surface area (Å²) in [5.74, 6) is -0.407. The number of hydrogen-bond acceptors (Lipinski definition) is 2. The van der Waals surface area contributed by atoms with Gasteiger partial charge in [-0.15, -0.1) is 0 Å². The minimum atomic E-state index is -0.326. The number of hydrogen-bond donors (Lipinski definition) is 0. The molecule has 2 aromatic rings. The van der Waals surface area contributed by atoms with E-state index in [1.54, 1.807) is 24.5 Å². The van der Waals surface area contributed by atoms with E-state index in [0.717, 1.165) is 5.56 Å². The number of carbonyl (C=O) groups is 1.